The number of anilines is 1. The molecule has 2 N–H and O–H groups in total. The highest BCUT2D eigenvalue weighted by Crippen LogP contribution is 2.19. The lowest BCUT2D eigenvalue weighted by Gasteiger charge is -2.05. The molecule has 0 fully saturated rings. The van der Waals surface area contributed by atoms with Crippen LogP contribution in [0.1, 0.15) is 5.56 Å². The third-order valence-corrected chi connectivity index (χ3v) is 3.50. The number of aromatic hydroxyl groups is 1. The van der Waals surface area contributed by atoms with Crippen molar-refractivity contribution in [3.63, 3.8) is 0 Å². The van der Waals surface area contributed by atoms with Gasteiger partial charge < -0.3 is 22.8 Å². The van der Waals surface area contributed by atoms with Gasteiger partial charge in [0.1, 0.15) is 0 Å². The number of rotatable bonds is 3. The third kappa shape index (κ3) is 4.51. The van der Waals surface area contributed by atoms with E-state index in [1.54, 1.807) is 22.9 Å². The topological polar surface area (TPSA) is 53.2 Å². The molecule has 106 valence electrons. The van der Waals surface area contributed by atoms with Crippen molar-refractivity contribution in [2.45, 2.75) is 13.5 Å². The molecule has 0 aliphatic carbocycles. The predicted molar refractivity (Wildman–Crippen MR) is 75.8 cm³/mol. The second-order valence-corrected chi connectivity index (χ2v) is 5.10. The predicted octanol–water partition coefficient (Wildman–Crippen LogP) is -0.607. The molecule has 6 heteroatoms. The van der Waals surface area contributed by atoms with Crippen LogP contribution in [0.2, 0.25) is 0 Å². The van der Waals surface area contributed by atoms with E-state index in [1.807, 2.05) is 25.1 Å². The van der Waals surface area contributed by atoms with E-state index in [1.165, 1.54) is 6.20 Å². The van der Waals surface area contributed by atoms with Crippen LogP contribution < -0.4 is 22.3 Å². The molecule has 2 rings (SSSR count). The maximum Gasteiger partial charge on any atom is 0.290 e. The van der Waals surface area contributed by atoms with Gasteiger partial charge in [0.25, 0.3) is 5.91 Å². The largest absolute Gasteiger partial charge is 1.00 e. The highest BCUT2D eigenvalue weighted by atomic mass is 79.9. The van der Waals surface area contributed by atoms with Gasteiger partial charge in [-0.05, 0) is 36.8 Å². The molecule has 0 aliphatic heterocycles. The van der Waals surface area contributed by atoms with E-state index in [9.17, 15) is 9.90 Å². The number of aryl methyl sites for hydroxylation is 1. The second-order valence-electron chi connectivity index (χ2n) is 4.25. The summed E-state index contributed by atoms with van der Waals surface area (Å²) in [6, 6.07) is 8.88. The number of carbonyl (C=O) groups excluding carboxylic acids is 1. The van der Waals surface area contributed by atoms with Gasteiger partial charge >= 0.3 is 0 Å². The maximum atomic E-state index is 11.9. The lowest BCUT2D eigenvalue weighted by molar-refractivity contribution is -0.684. The van der Waals surface area contributed by atoms with Crippen LogP contribution >= 0.6 is 15.9 Å². The van der Waals surface area contributed by atoms with Crippen molar-refractivity contribution in [2.75, 3.05) is 5.32 Å². The van der Waals surface area contributed by atoms with Crippen LogP contribution in [0.5, 0.6) is 5.75 Å². The van der Waals surface area contributed by atoms with E-state index in [0.29, 0.717) is 0 Å². The number of pyridine rings is 1. The molecule has 1 heterocycles. The van der Waals surface area contributed by atoms with Gasteiger partial charge in [-0.25, -0.2) is 0 Å². The molecule has 0 spiro atoms. The Kier molecular flexibility index (Phi) is 5.98. The maximum absolute atomic E-state index is 11.9. The summed E-state index contributed by atoms with van der Waals surface area (Å²) in [6.45, 7) is 2.12. The monoisotopic (exact) mass is 356 g/mol. The number of halogens is 2. The normalized spacial score (nSPS) is 9.70. The molecular formula is C14H14BrClN2O2. The lowest BCUT2D eigenvalue weighted by atomic mass is 10.2. The number of hydrogen-bond donors (Lipinski definition) is 2. The van der Waals surface area contributed by atoms with Crippen molar-refractivity contribution in [1.82, 2.24) is 0 Å². The first kappa shape index (κ1) is 16.5. The zero-order valence-electron chi connectivity index (χ0n) is 10.8. The Labute approximate surface area is 132 Å². The molecule has 0 atom stereocenters. The van der Waals surface area contributed by atoms with Crippen molar-refractivity contribution in [3.8, 4) is 5.75 Å². The standard InChI is InChI=1S/C14H13BrN2O2.ClH/c1-10-7-11(4-5-13(10)15)16-14(19)9-17-6-2-3-12(18)8-17;/h2-8H,9H2,1H3,(H-,16,18,19);1H. The van der Waals surface area contributed by atoms with Crippen LogP contribution in [-0.4, -0.2) is 11.0 Å². The Bertz CT molecular complexity index is 620. The number of amides is 1. The van der Waals surface area contributed by atoms with Crippen molar-refractivity contribution in [3.05, 3.63) is 52.8 Å². The van der Waals surface area contributed by atoms with Gasteiger partial charge in [-0.3, -0.25) is 4.79 Å². The molecule has 4 nitrogen and oxygen atoms in total. The minimum atomic E-state index is -0.141. The summed E-state index contributed by atoms with van der Waals surface area (Å²) in [5.41, 5.74) is 1.81. The third-order valence-electron chi connectivity index (χ3n) is 2.61. The van der Waals surface area contributed by atoms with Crippen LogP contribution in [0, 0.1) is 6.92 Å². The van der Waals surface area contributed by atoms with Crippen LogP contribution in [0.25, 0.3) is 0 Å². The average molecular weight is 358 g/mol. The van der Waals surface area contributed by atoms with Gasteiger partial charge in [-0.1, -0.05) is 15.9 Å². The van der Waals surface area contributed by atoms with Gasteiger partial charge in [0.05, 0.1) is 0 Å². The van der Waals surface area contributed by atoms with E-state index in [2.05, 4.69) is 21.2 Å². The second kappa shape index (κ2) is 7.26. The summed E-state index contributed by atoms with van der Waals surface area (Å²) in [7, 11) is 0. The number of hydrogen-bond acceptors (Lipinski definition) is 2. The molecule has 0 aliphatic rings. The molecule has 1 aromatic heterocycles. The SMILES string of the molecule is Cc1cc(NC(=O)C[n+]2cccc(O)c2)ccc1Br.[Cl-]. The number of carbonyl (C=O) groups is 1. The Hall–Kier alpha value is -1.59. The Balaban J connectivity index is 0.00000200. The first-order valence-electron chi connectivity index (χ1n) is 5.78. The minimum absolute atomic E-state index is 0. The van der Waals surface area contributed by atoms with Crippen molar-refractivity contribution >= 4 is 27.5 Å². The van der Waals surface area contributed by atoms with Crippen LogP contribution in [0.4, 0.5) is 5.69 Å². The van der Waals surface area contributed by atoms with Crippen molar-refractivity contribution < 1.29 is 26.9 Å². The molecule has 0 bridgehead atoms. The number of benzene rings is 1. The summed E-state index contributed by atoms with van der Waals surface area (Å²) in [5, 5.41) is 12.1. The summed E-state index contributed by atoms with van der Waals surface area (Å²) in [5.74, 6) is -0.00731. The summed E-state index contributed by atoms with van der Waals surface area (Å²) < 4.78 is 2.63. The Morgan fingerprint density at radius 2 is 2.15 bits per heavy atom. The van der Waals surface area contributed by atoms with Gasteiger partial charge in [0, 0.05) is 16.2 Å². The van der Waals surface area contributed by atoms with E-state index < -0.39 is 0 Å². The Morgan fingerprint density at radius 3 is 2.80 bits per heavy atom. The number of aromatic nitrogens is 1. The van der Waals surface area contributed by atoms with Crippen LogP contribution in [0.3, 0.4) is 0 Å². The first-order valence-corrected chi connectivity index (χ1v) is 6.58. The van der Waals surface area contributed by atoms with Gasteiger partial charge in [0.15, 0.2) is 11.9 Å². The van der Waals surface area contributed by atoms with Crippen molar-refractivity contribution in [1.29, 1.82) is 0 Å². The zero-order chi connectivity index (χ0) is 13.8. The van der Waals surface area contributed by atoms with E-state index in [-0.39, 0.29) is 30.6 Å². The van der Waals surface area contributed by atoms with Gasteiger partial charge in [0.2, 0.25) is 12.7 Å². The molecular weight excluding hydrogens is 344 g/mol. The number of nitrogens with zero attached hydrogens (tertiary/aromatic N) is 1. The summed E-state index contributed by atoms with van der Waals surface area (Å²) in [6.07, 6.45) is 3.23. The molecule has 20 heavy (non-hydrogen) atoms. The molecule has 0 radical (unpaired) electrons. The molecule has 0 saturated carbocycles. The fourth-order valence-corrected chi connectivity index (χ4v) is 1.94. The van der Waals surface area contributed by atoms with Gasteiger partial charge in [-0.2, -0.15) is 4.57 Å². The van der Waals surface area contributed by atoms with E-state index in [4.69, 9.17) is 0 Å². The highest BCUT2D eigenvalue weighted by Gasteiger charge is 2.10. The quantitative estimate of drug-likeness (QED) is 0.721. The molecule has 1 aromatic carbocycles. The van der Waals surface area contributed by atoms with E-state index >= 15 is 0 Å². The van der Waals surface area contributed by atoms with Crippen LogP contribution in [-0.2, 0) is 11.3 Å². The van der Waals surface area contributed by atoms with E-state index in [0.717, 1.165) is 15.7 Å². The molecule has 1 amide bonds. The zero-order valence-corrected chi connectivity index (χ0v) is 13.1. The van der Waals surface area contributed by atoms with Crippen molar-refractivity contribution in [2.24, 2.45) is 0 Å². The summed E-state index contributed by atoms with van der Waals surface area (Å²) >= 11 is 3.41. The van der Waals surface area contributed by atoms with Crippen LogP contribution in [0.15, 0.2) is 47.2 Å². The molecule has 2 aromatic rings. The van der Waals surface area contributed by atoms with Gasteiger partial charge in [-0.15, -0.1) is 0 Å². The molecule has 0 unspecified atom stereocenters. The smallest absolute Gasteiger partial charge is 0.290 e. The fraction of sp³-hybridized carbons (Fsp3) is 0.143. The fourth-order valence-electron chi connectivity index (χ4n) is 1.70. The number of nitrogens with one attached hydrogen (secondary N) is 1. The Morgan fingerprint density at radius 1 is 1.40 bits per heavy atom. The average Bonchev–Trinajstić information content (AvgIpc) is 2.34. The highest BCUT2D eigenvalue weighted by molar-refractivity contribution is 9.10. The minimum Gasteiger partial charge on any atom is -1.00 e. The summed E-state index contributed by atoms with van der Waals surface area (Å²) in [4.78, 5) is 11.9. The lowest BCUT2D eigenvalue weighted by Crippen LogP contribution is -3.00. The molecule has 0 saturated heterocycles. The first-order chi connectivity index (χ1) is 9.04.